The summed E-state index contributed by atoms with van der Waals surface area (Å²) >= 11 is 0. The lowest BCUT2D eigenvalue weighted by Gasteiger charge is -1.94. The van der Waals surface area contributed by atoms with Crippen LogP contribution < -0.4 is 0 Å². The molecule has 1 N–H and O–H groups in total. The summed E-state index contributed by atoms with van der Waals surface area (Å²) in [6.45, 7) is 3.41. The molecular weight excluding hydrogens is 156 g/mol. The summed E-state index contributed by atoms with van der Waals surface area (Å²) in [6, 6.07) is 0. The van der Waals surface area contributed by atoms with E-state index in [0.717, 1.165) is 6.42 Å². The number of rotatable bonds is 5. The fraction of sp³-hybridized carbons (Fsp3) is 0.556. The Morgan fingerprint density at radius 3 is 2.42 bits per heavy atom. The Labute approximate surface area is 72.1 Å². The number of Topliss-reactive ketones (excluding diaryl/α,β-unsaturated/α-hetero) is 1. The first-order valence-corrected chi connectivity index (χ1v) is 3.99. The van der Waals surface area contributed by atoms with Gasteiger partial charge >= 0.3 is 5.97 Å². The van der Waals surface area contributed by atoms with E-state index in [-0.39, 0.29) is 17.8 Å². The van der Waals surface area contributed by atoms with E-state index < -0.39 is 5.97 Å². The van der Waals surface area contributed by atoms with Crippen LogP contribution in [0.1, 0.15) is 33.1 Å². The van der Waals surface area contributed by atoms with E-state index in [0.29, 0.717) is 6.42 Å². The standard InChI is InChI=1S/C9H14O3/c1-3-4-8(10)6-5-7(2)9(11)12/h5H,3-4,6H2,1-2H3,(H,11,12). The van der Waals surface area contributed by atoms with Gasteiger partial charge in [0, 0.05) is 18.4 Å². The highest BCUT2D eigenvalue weighted by Gasteiger charge is 2.01. The molecule has 0 aromatic heterocycles. The van der Waals surface area contributed by atoms with Crippen molar-refractivity contribution in [2.24, 2.45) is 0 Å². The molecule has 0 unspecified atom stereocenters. The van der Waals surface area contributed by atoms with Crippen molar-refractivity contribution in [3.05, 3.63) is 11.6 Å². The maximum atomic E-state index is 10.9. The van der Waals surface area contributed by atoms with Crippen molar-refractivity contribution in [2.45, 2.75) is 33.1 Å². The van der Waals surface area contributed by atoms with Crippen LogP contribution in [0.25, 0.3) is 0 Å². The molecule has 0 rings (SSSR count). The summed E-state index contributed by atoms with van der Waals surface area (Å²) in [7, 11) is 0. The number of allylic oxidation sites excluding steroid dienone is 1. The lowest BCUT2D eigenvalue weighted by Crippen LogP contribution is -1.99. The van der Waals surface area contributed by atoms with Gasteiger partial charge in [0.15, 0.2) is 0 Å². The zero-order chi connectivity index (χ0) is 9.56. The average Bonchev–Trinajstić information content (AvgIpc) is 2.00. The molecule has 68 valence electrons. The van der Waals surface area contributed by atoms with Crippen LogP contribution in [-0.4, -0.2) is 16.9 Å². The Balaban J connectivity index is 3.87. The molecule has 0 radical (unpaired) electrons. The van der Waals surface area contributed by atoms with E-state index in [1.807, 2.05) is 6.92 Å². The van der Waals surface area contributed by atoms with Crippen LogP contribution in [0.4, 0.5) is 0 Å². The van der Waals surface area contributed by atoms with Gasteiger partial charge < -0.3 is 5.11 Å². The Bertz CT molecular complexity index is 204. The van der Waals surface area contributed by atoms with Crippen LogP contribution in [0.2, 0.25) is 0 Å². The van der Waals surface area contributed by atoms with E-state index in [9.17, 15) is 9.59 Å². The number of carboxylic acid groups (broad SMARTS) is 1. The molecule has 0 heterocycles. The molecule has 0 aliphatic heterocycles. The lowest BCUT2D eigenvalue weighted by molar-refractivity contribution is -0.132. The van der Waals surface area contributed by atoms with Crippen LogP contribution in [0.3, 0.4) is 0 Å². The van der Waals surface area contributed by atoms with Crippen LogP contribution >= 0.6 is 0 Å². The second-order valence-corrected chi connectivity index (χ2v) is 2.69. The number of aliphatic carboxylic acids is 1. The molecule has 0 atom stereocenters. The van der Waals surface area contributed by atoms with Gasteiger partial charge in [-0.2, -0.15) is 0 Å². The molecule has 3 heteroatoms. The molecule has 12 heavy (non-hydrogen) atoms. The number of hydrogen-bond donors (Lipinski definition) is 1. The van der Waals surface area contributed by atoms with Gasteiger partial charge in [0.05, 0.1) is 0 Å². The number of carbonyl (C=O) groups excluding carboxylic acids is 1. The van der Waals surface area contributed by atoms with Crippen molar-refractivity contribution in [3.8, 4) is 0 Å². The third kappa shape index (κ3) is 4.66. The van der Waals surface area contributed by atoms with E-state index in [1.165, 1.54) is 13.0 Å². The zero-order valence-electron chi connectivity index (χ0n) is 7.46. The van der Waals surface area contributed by atoms with E-state index >= 15 is 0 Å². The number of carbonyl (C=O) groups is 2. The Kier molecular flexibility index (Phi) is 5.00. The van der Waals surface area contributed by atoms with Crippen LogP contribution in [0.5, 0.6) is 0 Å². The first-order chi connectivity index (χ1) is 5.57. The topological polar surface area (TPSA) is 54.4 Å². The SMILES string of the molecule is CCCC(=O)CC=C(C)C(=O)O. The fourth-order valence-corrected chi connectivity index (χ4v) is 0.735. The highest BCUT2D eigenvalue weighted by atomic mass is 16.4. The van der Waals surface area contributed by atoms with Gasteiger partial charge in [-0.25, -0.2) is 4.79 Å². The average molecular weight is 170 g/mol. The minimum absolute atomic E-state index is 0.0955. The van der Waals surface area contributed by atoms with Crippen molar-refractivity contribution in [1.82, 2.24) is 0 Å². The predicted molar refractivity (Wildman–Crippen MR) is 45.9 cm³/mol. The Morgan fingerprint density at radius 1 is 1.42 bits per heavy atom. The molecule has 0 aromatic rings. The van der Waals surface area contributed by atoms with Crippen molar-refractivity contribution in [3.63, 3.8) is 0 Å². The van der Waals surface area contributed by atoms with E-state index in [2.05, 4.69) is 0 Å². The van der Waals surface area contributed by atoms with Crippen LogP contribution in [0, 0.1) is 0 Å². The second-order valence-electron chi connectivity index (χ2n) is 2.69. The van der Waals surface area contributed by atoms with E-state index in [4.69, 9.17) is 5.11 Å². The molecule has 0 saturated heterocycles. The van der Waals surface area contributed by atoms with Gasteiger partial charge in [-0.3, -0.25) is 4.79 Å². The quantitative estimate of drug-likeness (QED) is 0.640. The van der Waals surface area contributed by atoms with Gasteiger partial charge in [-0.1, -0.05) is 13.0 Å². The summed E-state index contributed by atoms with van der Waals surface area (Å²) in [5.74, 6) is -0.864. The largest absolute Gasteiger partial charge is 0.478 e. The number of hydrogen-bond acceptors (Lipinski definition) is 2. The van der Waals surface area contributed by atoms with Crippen LogP contribution in [0.15, 0.2) is 11.6 Å². The van der Waals surface area contributed by atoms with Gasteiger partial charge in [-0.05, 0) is 13.3 Å². The maximum Gasteiger partial charge on any atom is 0.330 e. The molecule has 0 aliphatic rings. The fourth-order valence-electron chi connectivity index (χ4n) is 0.735. The molecule has 0 fully saturated rings. The number of ketones is 1. The number of carboxylic acids is 1. The van der Waals surface area contributed by atoms with Gasteiger partial charge in [0.2, 0.25) is 0 Å². The van der Waals surface area contributed by atoms with Crippen molar-refractivity contribution < 1.29 is 14.7 Å². The summed E-state index contributed by atoms with van der Waals surface area (Å²) in [5.41, 5.74) is 0.236. The molecule has 0 spiro atoms. The monoisotopic (exact) mass is 170 g/mol. The smallest absolute Gasteiger partial charge is 0.330 e. The molecular formula is C9H14O3. The normalized spacial score (nSPS) is 11.3. The van der Waals surface area contributed by atoms with Crippen molar-refractivity contribution in [1.29, 1.82) is 0 Å². The van der Waals surface area contributed by atoms with Crippen molar-refractivity contribution >= 4 is 11.8 Å². The van der Waals surface area contributed by atoms with E-state index in [1.54, 1.807) is 0 Å². The van der Waals surface area contributed by atoms with Gasteiger partial charge in [0.1, 0.15) is 5.78 Å². The Morgan fingerprint density at radius 2 is 2.00 bits per heavy atom. The summed E-state index contributed by atoms with van der Waals surface area (Å²) in [4.78, 5) is 21.2. The molecule has 0 aliphatic carbocycles. The van der Waals surface area contributed by atoms with Gasteiger partial charge in [-0.15, -0.1) is 0 Å². The minimum Gasteiger partial charge on any atom is -0.478 e. The lowest BCUT2D eigenvalue weighted by atomic mass is 10.1. The molecule has 0 saturated carbocycles. The third-order valence-corrected chi connectivity index (χ3v) is 1.50. The first-order valence-electron chi connectivity index (χ1n) is 3.99. The highest BCUT2D eigenvalue weighted by molar-refractivity contribution is 5.87. The molecule has 0 bridgehead atoms. The molecule has 0 amide bonds. The summed E-state index contributed by atoms with van der Waals surface area (Å²) < 4.78 is 0. The molecule has 3 nitrogen and oxygen atoms in total. The second kappa shape index (κ2) is 5.52. The third-order valence-electron chi connectivity index (χ3n) is 1.50. The minimum atomic E-state index is -0.959. The van der Waals surface area contributed by atoms with Gasteiger partial charge in [0.25, 0.3) is 0 Å². The summed E-state index contributed by atoms with van der Waals surface area (Å²) in [6.07, 6.45) is 3.05. The Hall–Kier alpha value is -1.12. The zero-order valence-corrected chi connectivity index (χ0v) is 7.46. The summed E-state index contributed by atoms with van der Waals surface area (Å²) in [5, 5.41) is 8.45. The molecule has 0 aromatic carbocycles. The van der Waals surface area contributed by atoms with Crippen LogP contribution in [-0.2, 0) is 9.59 Å². The van der Waals surface area contributed by atoms with Crippen molar-refractivity contribution in [2.75, 3.05) is 0 Å². The predicted octanol–water partition coefficient (Wildman–Crippen LogP) is 1.78. The maximum absolute atomic E-state index is 10.9. The highest BCUT2D eigenvalue weighted by Crippen LogP contribution is 1.99. The first kappa shape index (κ1) is 10.9.